The molecule has 56 heavy (non-hydrogen) atoms. The van der Waals surface area contributed by atoms with Gasteiger partial charge in [0.2, 0.25) is 6.04 Å². The number of rotatable bonds is 21. The number of H-pyrrole nitrogens is 2. The van der Waals surface area contributed by atoms with Crippen LogP contribution in [0, 0.1) is 0 Å². The van der Waals surface area contributed by atoms with Crippen LogP contribution in [0.1, 0.15) is 71.6 Å². The second kappa shape index (κ2) is 21.2. The third-order valence-corrected chi connectivity index (χ3v) is 8.97. The van der Waals surface area contributed by atoms with Crippen molar-refractivity contribution < 1.29 is 24.0 Å². The number of aromatic amines is 2. The van der Waals surface area contributed by atoms with Crippen LogP contribution < -0.4 is 32.4 Å². The maximum atomic E-state index is 13.4. The largest absolute Gasteiger partial charge is 0.352 e. The number of aromatic nitrogens is 2. The highest BCUT2D eigenvalue weighted by molar-refractivity contribution is 6.10. The number of amides is 4. The molecule has 1 heterocycles. The molecule has 0 fully saturated rings. The van der Waals surface area contributed by atoms with Crippen LogP contribution in [0.3, 0.4) is 0 Å². The molecule has 298 valence electrons. The highest BCUT2D eigenvalue weighted by Gasteiger charge is 2.23. The third kappa shape index (κ3) is 12.5. The molecule has 1 unspecified atom stereocenters. The number of benzene rings is 3. The molecule has 4 rings (SSSR count). The van der Waals surface area contributed by atoms with Gasteiger partial charge in [0, 0.05) is 54.2 Å². The SMILES string of the molecule is CCN(CC)CCCNC(=O)c1cc(NC(=O)c2ccc(N=NC(C(C)=O)C(=O)Nc3ccc4[nH]c(=O)[nH]c4c3)cc2)cc(C(=O)NCCCN(CC)NC)c1. The second-order valence-electron chi connectivity index (χ2n) is 12.9. The van der Waals surface area contributed by atoms with Crippen molar-refractivity contribution in [1.82, 2.24) is 35.9 Å². The van der Waals surface area contributed by atoms with E-state index in [1.165, 1.54) is 49.4 Å². The van der Waals surface area contributed by atoms with Gasteiger partial charge in [-0.3, -0.25) is 29.4 Å². The molecule has 1 aromatic heterocycles. The number of nitrogens with one attached hydrogen (secondary N) is 7. The summed E-state index contributed by atoms with van der Waals surface area (Å²) in [4.78, 5) is 84.1. The summed E-state index contributed by atoms with van der Waals surface area (Å²) in [7, 11) is 1.84. The van der Waals surface area contributed by atoms with E-state index in [0.29, 0.717) is 36.2 Å². The van der Waals surface area contributed by atoms with Crippen LogP contribution in [-0.4, -0.2) is 108 Å². The number of carbonyl (C=O) groups is 5. The number of hydrogen-bond donors (Lipinski definition) is 7. The summed E-state index contributed by atoms with van der Waals surface area (Å²) in [5.74, 6) is -2.51. The van der Waals surface area contributed by atoms with Crippen molar-refractivity contribution in [2.24, 2.45) is 10.2 Å². The molecule has 0 aliphatic rings. The van der Waals surface area contributed by atoms with Crippen LogP contribution in [0.4, 0.5) is 17.1 Å². The lowest BCUT2D eigenvalue weighted by molar-refractivity contribution is -0.126. The molecule has 0 aliphatic heterocycles. The fraction of sp³-hybridized carbons (Fsp3) is 0.385. The van der Waals surface area contributed by atoms with Gasteiger partial charge in [0.1, 0.15) is 0 Å². The first kappa shape index (κ1) is 42.7. The minimum atomic E-state index is -1.45. The predicted molar refractivity (Wildman–Crippen MR) is 215 cm³/mol. The van der Waals surface area contributed by atoms with E-state index in [0.717, 1.165) is 39.1 Å². The maximum absolute atomic E-state index is 13.4. The number of hydrogen-bond acceptors (Lipinski definition) is 11. The van der Waals surface area contributed by atoms with E-state index < -0.39 is 29.3 Å². The number of fused-ring (bicyclic) bond motifs is 1. The molecule has 0 radical (unpaired) electrons. The van der Waals surface area contributed by atoms with E-state index in [9.17, 15) is 28.8 Å². The molecule has 0 aliphatic carbocycles. The van der Waals surface area contributed by atoms with E-state index in [4.69, 9.17) is 0 Å². The molecular weight excluding hydrogens is 718 g/mol. The van der Waals surface area contributed by atoms with Crippen molar-refractivity contribution in [3.05, 3.63) is 87.8 Å². The molecular formula is C39H51N11O6. The Labute approximate surface area is 325 Å². The Morgan fingerprint density at radius 2 is 1.32 bits per heavy atom. The normalized spacial score (nSPS) is 11.9. The third-order valence-electron chi connectivity index (χ3n) is 8.97. The van der Waals surface area contributed by atoms with Gasteiger partial charge >= 0.3 is 5.69 Å². The molecule has 7 N–H and O–H groups in total. The highest BCUT2D eigenvalue weighted by Crippen LogP contribution is 2.20. The lowest BCUT2D eigenvalue weighted by Gasteiger charge is -2.18. The van der Waals surface area contributed by atoms with Crippen LogP contribution >= 0.6 is 0 Å². The summed E-state index contributed by atoms with van der Waals surface area (Å²) in [6.45, 7) is 12.5. The minimum Gasteiger partial charge on any atom is -0.352 e. The smallest absolute Gasteiger partial charge is 0.323 e. The van der Waals surface area contributed by atoms with Gasteiger partial charge in [-0.2, -0.15) is 10.2 Å². The summed E-state index contributed by atoms with van der Waals surface area (Å²) in [6.07, 6.45) is 1.45. The lowest BCUT2D eigenvalue weighted by Crippen LogP contribution is -2.37. The van der Waals surface area contributed by atoms with Gasteiger partial charge in [0.15, 0.2) is 5.78 Å². The molecule has 4 amide bonds. The minimum absolute atomic E-state index is 0.219. The summed E-state index contributed by atoms with van der Waals surface area (Å²) >= 11 is 0. The topological polar surface area (TPSA) is 225 Å². The monoisotopic (exact) mass is 769 g/mol. The van der Waals surface area contributed by atoms with Crippen LogP contribution in [0.15, 0.2) is 75.7 Å². The Balaban J connectivity index is 1.44. The first-order chi connectivity index (χ1) is 26.9. The molecule has 4 aromatic rings. The highest BCUT2D eigenvalue weighted by atomic mass is 16.2. The number of ketones is 1. The lowest BCUT2D eigenvalue weighted by atomic mass is 10.1. The van der Waals surface area contributed by atoms with E-state index in [2.05, 4.69) is 65.6 Å². The average molecular weight is 770 g/mol. The first-order valence-electron chi connectivity index (χ1n) is 18.7. The Kier molecular flexibility index (Phi) is 16.1. The number of nitrogens with zero attached hydrogens (tertiary/aromatic N) is 4. The van der Waals surface area contributed by atoms with Gasteiger partial charge in [-0.15, -0.1) is 0 Å². The Morgan fingerprint density at radius 1 is 0.696 bits per heavy atom. The van der Waals surface area contributed by atoms with E-state index in [1.54, 1.807) is 18.2 Å². The van der Waals surface area contributed by atoms with Crippen LogP contribution in [-0.2, 0) is 9.59 Å². The summed E-state index contributed by atoms with van der Waals surface area (Å²) in [5, 5.41) is 21.2. The molecule has 1 atom stereocenters. The van der Waals surface area contributed by atoms with Crippen molar-refractivity contribution in [2.45, 2.75) is 46.6 Å². The number of carbonyl (C=O) groups excluding carboxylic acids is 5. The van der Waals surface area contributed by atoms with Crippen LogP contribution in [0.2, 0.25) is 0 Å². The number of anilines is 2. The fourth-order valence-electron chi connectivity index (χ4n) is 5.76. The number of hydrazine groups is 1. The Bertz CT molecular complexity index is 2020. The number of azo groups is 1. The molecule has 17 nitrogen and oxygen atoms in total. The average Bonchev–Trinajstić information content (AvgIpc) is 3.57. The van der Waals surface area contributed by atoms with Crippen molar-refractivity contribution >= 4 is 57.5 Å². The fourth-order valence-corrected chi connectivity index (χ4v) is 5.76. The Morgan fingerprint density at radius 3 is 1.91 bits per heavy atom. The van der Waals surface area contributed by atoms with E-state index in [1.807, 2.05) is 19.0 Å². The summed E-state index contributed by atoms with van der Waals surface area (Å²) in [6, 6.07) is 13.8. The van der Waals surface area contributed by atoms with Gasteiger partial charge in [0.05, 0.1) is 16.7 Å². The predicted octanol–water partition coefficient (Wildman–Crippen LogP) is 3.83. The quantitative estimate of drug-likeness (QED) is 0.0283. The molecule has 0 saturated carbocycles. The molecule has 0 spiro atoms. The first-order valence-corrected chi connectivity index (χ1v) is 18.7. The van der Waals surface area contributed by atoms with Gasteiger partial charge in [-0.25, -0.2) is 9.80 Å². The zero-order valence-corrected chi connectivity index (χ0v) is 32.5. The van der Waals surface area contributed by atoms with Crippen molar-refractivity contribution in [3.63, 3.8) is 0 Å². The standard InChI is InChI=1S/C39H51N11O6/c1-6-49(7-2)19-9-17-41-35(52)27-21-28(36(53)42-18-10-20-50(8-3)40-5)23-31(22-27)44-37(54)26-11-13-29(14-12-26)47-48-34(25(4)51)38(55)43-30-15-16-32-33(24-30)46-39(56)45-32/h11-16,21-24,34,40H,6-10,17-20H2,1-5H3,(H,41,52)(H,42,53)(H,43,55)(H,44,54)(H2,45,46,56). The molecule has 0 bridgehead atoms. The van der Waals surface area contributed by atoms with Gasteiger partial charge < -0.3 is 36.1 Å². The summed E-state index contributed by atoms with van der Waals surface area (Å²) < 4.78 is 0. The molecule has 17 heteroatoms. The van der Waals surface area contributed by atoms with E-state index in [-0.39, 0.29) is 39.9 Å². The number of Topliss-reactive ketones (excluding diaryl/α,β-unsaturated/α-hetero) is 1. The van der Waals surface area contributed by atoms with Crippen molar-refractivity contribution in [1.29, 1.82) is 0 Å². The second-order valence-corrected chi connectivity index (χ2v) is 12.9. The van der Waals surface area contributed by atoms with Gasteiger partial charge in [-0.1, -0.05) is 20.8 Å². The van der Waals surface area contributed by atoms with Crippen LogP contribution in [0.25, 0.3) is 11.0 Å². The number of imidazole rings is 1. The molecule has 3 aromatic carbocycles. The zero-order chi connectivity index (χ0) is 40.6. The Hall–Kier alpha value is -6.04. The zero-order valence-electron chi connectivity index (χ0n) is 32.5. The van der Waals surface area contributed by atoms with Gasteiger partial charge in [0.25, 0.3) is 23.6 Å². The van der Waals surface area contributed by atoms with Crippen LogP contribution in [0.5, 0.6) is 0 Å². The molecule has 0 saturated heterocycles. The van der Waals surface area contributed by atoms with Crippen molar-refractivity contribution in [3.8, 4) is 0 Å². The summed E-state index contributed by atoms with van der Waals surface area (Å²) in [5.41, 5.74) is 5.30. The van der Waals surface area contributed by atoms with E-state index >= 15 is 0 Å². The van der Waals surface area contributed by atoms with Gasteiger partial charge in [-0.05, 0) is 107 Å². The van der Waals surface area contributed by atoms with Crippen molar-refractivity contribution in [2.75, 3.05) is 63.5 Å². The maximum Gasteiger partial charge on any atom is 0.323 e.